The Morgan fingerprint density at radius 3 is 2.53 bits per heavy atom. The third-order valence-corrected chi connectivity index (χ3v) is 2.92. The van der Waals surface area contributed by atoms with Crippen molar-refractivity contribution in [1.82, 2.24) is 9.97 Å². The van der Waals surface area contributed by atoms with Crippen molar-refractivity contribution in [1.29, 1.82) is 0 Å². The molecule has 2 rings (SSSR count). The molecule has 82 valence electrons. The highest BCUT2D eigenvalue weighted by molar-refractivity contribution is 6.29. The monoisotopic (exact) mass is 225 g/mol. The Kier molecular flexibility index (Phi) is 3.10. The van der Waals surface area contributed by atoms with Gasteiger partial charge in [-0.25, -0.2) is 9.97 Å². The molecule has 1 aromatic heterocycles. The lowest BCUT2D eigenvalue weighted by molar-refractivity contribution is 0.820. The van der Waals surface area contributed by atoms with E-state index in [0.717, 1.165) is 24.7 Å². The Labute approximate surface area is 95.5 Å². The Morgan fingerprint density at radius 2 is 2.00 bits per heavy atom. The molecule has 1 saturated carbocycles. The molecular formula is C11H16ClN3. The van der Waals surface area contributed by atoms with Crippen molar-refractivity contribution in [3.8, 4) is 0 Å². The fourth-order valence-electron chi connectivity index (χ4n) is 1.66. The fraction of sp³-hybridized carbons (Fsp3) is 0.636. The average molecular weight is 226 g/mol. The molecule has 0 aliphatic heterocycles. The third-order valence-electron chi connectivity index (χ3n) is 2.73. The topological polar surface area (TPSA) is 29.0 Å². The summed E-state index contributed by atoms with van der Waals surface area (Å²) in [5.74, 6) is 2.43. The number of hydrogen-bond acceptors (Lipinski definition) is 3. The number of anilines is 1. The van der Waals surface area contributed by atoms with Gasteiger partial charge in [-0.3, -0.25) is 0 Å². The van der Waals surface area contributed by atoms with E-state index in [1.807, 2.05) is 6.07 Å². The van der Waals surface area contributed by atoms with Gasteiger partial charge in [0.05, 0.1) is 0 Å². The minimum Gasteiger partial charge on any atom is -0.357 e. The highest BCUT2D eigenvalue weighted by Crippen LogP contribution is 2.39. The molecule has 3 nitrogen and oxygen atoms in total. The predicted molar refractivity (Wildman–Crippen MR) is 62.6 cm³/mol. The summed E-state index contributed by atoms with van der Waals surface area (Å²) in [4.78, 5) is 11.0. The molecular weight excluding hydrogens is 210 g/mol. The number of halogens is 1. The van der Waals surface area contributed by atoms with Crippen LogP contribution in [0.2, 0.25) is 5.15 Å². The van der Waals surface area contributed by atoms with Crippen LogP contribution in [0.5, 0.6) is 0 Å². The maximum absolute atomic E-state index is 6.00. The van der Waals surface area contributed by atoms with Gasteiger partial charge < -0.3 is 4.90 Å². The lowest BCUT2D eigenvalue weighted by Crippen LogP contribution is -2.23. The Hall–Kier alpha value is -0.830. The van der Waals surface area contributed by atoms with Gasteiger partial charge in [0.25, 0.3) is 0 Å². The van der Waals surface area contributed by atoms with Crippen molar-refractivity contribution in [2.75, 3.05) is 18.0 Å². The van der Waals surface area contributed by atoms with Gasteiger partial charge in [-0.2, -0.15) is 0 Å². The molecule has 1 fully saturated rings. The van der Waals surface area contributed by atoms with Gasteiger partial charge in [0, 0.05) is 25.1 Å². The van der Waals surface area contributed by atoms with Crippen molar-refractivity contribution >= 4 is 17.4 Å². The molecule has 15 heavy (non-hydrogen) atoms. The molecule has 0 spiro atoms. The van der Waals surface area contributed by atoms with E-state index in [2.05, 4.69) is 28.7 Å². The van der Waals surface area contributed by atoms with Gasteiger partial charge in [-0.1, -0.05) is 11.6 Å². The van der Waals surface area contributed by atoms with Crippen LogP contribution in [0.1, 0.15) is 38.4 Å². The molecule has 4 heteroatoms. The van der Waals surface area contributed by atoms with Crippen molar-refractivity contribution in [3.63, 3.8) is 0 Å². The second-order valence-electron chi connectivity index (χ2n) is 3.85. The maximum atomic E-state index is 6.00. The maximum Gasteiger partial charge on any atom is 0.135 e. The molecule has 0 bridgehead atoms. The van der Waals surface area contributed by atoms with E-state index in [-0.39, 0.29) is 0 Å². The van der Waals surface area contributed by atoms with Crippen molar-refractivity contribution in [2.24, 2.45) is 0 Å². The Balaban J connectivity index is 2.29. The third kappa shape index (κ3) is 2.40. The van der Waals surface area contributed by atoms with Crippen LogP contribution in [0.3, 0.4) is 0 Å². The molecule has 0 unspecified atom stereocenters. The zero-order chi connectivity index (χ0) is 10.8. The summed E-state index contributed by atoms with van der Waals surface area (Å²) >= 11 is 6.00. The standard InChI is InChI=1S/C11H16ClN3/c1-3-15(4-2)10-7-9(12)13-11(14-10)8-5-6-8/h7-8H,3-6H2,1-2H3. The Morgan fingerprint density at radius 1 is 1.33 bits per heavy atom. The first kappa shape index (κ1) is 10.7. The normalized spacial score (nSPS) is 15.4. The summed E-state index contributed by atoms with van der Waals surface area (Å²) in [6, 6.07) is 1.85. The van der Waals surface area contributed by atoms with Crippen LogP contribution in [-0.2, 0) is 0 Å². The lowest BCUT2D eigenvalue weighted by atomic mass is 10.3. The Bertz CT molecular complexity index is 346. The summed E-state index contributed by atoms with van der Waals surface area (Å²) in [5, 5.41) is 0.564. The largest absolute Gasteiger partial charge is 0.357 e. The van der Waals surface area contributed by atoms with Crippen molar-refractivity contribution in [3.05, 3.63) is 17.0 Å². The van der Waals surface area contributed by atoms with E-state index in [1.54, 1.807) is 0 Å². The van der Waals surface area contributed by atoms with Crippen LogP contribution in [-0.4, -0.2) is 23.1 Å². The van der Waals surface area contributed by atoms with Gasteiger partial charge in [0.2, 0.25) is 0 Å². The van der Waals surface area contributed by atoms with Crippen LogP contribution < -0.4 is 4.90 Å². The molecule has 1 aromatic rings. The minimum atomic E-state index is 0.554. The average Bonchev–Trinajstić information content (AvgIpc) is 3.02. The lowest BCUT2D eigenvalue weighted by Gasteiger charge is -2.20. The van der Waals surface area contributed by atoms with Gasteiger partial charge in [0.15, 0.2) is 0 Å². The van der Waals surface area contributed by atoms with E-state index in [9.17, 15) is 0 Å². The number of hydrogen-bond donors (Lipinski definition) is 0. The molecule has 1 heterocycles. The van der Waals surface area contributed by atoms with Crippen LogP contribution in [0, 0.1) is 0 Å². The van der Waals surface area contributed by atoms with Gasteiger partial charge in [0.1, 0.15) is 16.8 Å². The van der Waals surface area contributed by atoms with Gasteiger partial charge in [-0.15, -0.1) is 0 Å². The summed E-state index contributed by atoms with van der Waals surface area (Å²) in [7, 11) is 0. The second-order valence-corrected chi connectivity index (χ2v) is 4.24. The van der Waals surface area contributed by atoms with E-state index < -0.39 is 0 Å². The second kappa shape index (κ2) is 4.35. The molecule has 1 aliphatic rings. The quantitative estimate of drug-likeness (QED) is 0.738. The van der Waals surface area contributed by atoms with Crippen molar-refractivity contribution < 1.29 is 0 Å². The number of nitrogens with zero attached hydrogens (tertiary/aromatic N) is 3. The van der Waals surface area contributed by atoms with Crippen molar-refractivity contribution in [2.45, 2.75) is 32.6 Å². The van der Waals surface area contributed by atoms with Gasteiger partial charge >= 0.3 is 0 Å². The van der Waals surface area contributed by atoms with E-state index in [1.165, 1.54) is 12.8 Å². The summed E-state index contributed by atoms with van der Waals surface area (Å²) in [5.41, 5.74) is 0. The van der Waals surface area contributed by atoms with Gasteiger partial charge in [-0.05, 0) is 26.7 Å². The van der Waals surface area contributed by atoms with E-state index >= 15 is 0 Å². The molecule has 0 amide bonds. The zero-order valence-electron chi connectivity index (χ0n) is 9.20. The smallest absolute Gasteiger partial charge is 0.135 e. The summed E-state index contributed by atoms with van der Waals surface area (Å²) in [6.45, 7) is 6.15. The first-order valence-corrected chi connectivity index (χ1v) is 5.91. The first-order valence-electron chi connectivity index (χ1n) is 5.54. The summed E-state index contributed by atoms with van der Waals surface area (Å²) in [6.07, 6.45) is 2.41. The SMILES string of the molecule is CCN(CC)c1cc(Cl)nc(C2CC2)n1. The van der Waals surface area contributed by atoms with E-state index in [0.29, 0.717) is 11.1 Å². The number of aromatic nitrogens is 2. The zero-order valence-corrected chi connectivity index (χ0v) is 9.96. The van der Waals surface area contributed by atoms with Crippen LogP contribution in [0.4, 0.5) is 5.82 Å². The fourth-order valence-corrected chi connectivity index (χ4v) is 1.84. The first-order chi connectivity index (χ1) is 7.24. The van der Waals surface area contributed by atoms with Crippen LogP contribution >= 0.6 is 11.6 Å². The molecule has 0 N–H and O–H groups in total. The minimum absolute atomic E-state index is 0.554. The molecule has 0 radical (unpaired) electrons. The molecule has 0 atom stereocenters. The number of rotatable bonds is 4. The molecule has 0 aromatic carbocycles. The van der Waals surface area contributed by atoms with Crippen LogP contribution in [0.25, 0.3) is 0 Å². The highest BCUT2D eigenvalue weighted by atomic mass is 35.5. The predicted octanol–water partition coefficient (Wildman–Crippen LogP) is 2.85. The van der Waals surface area contributed by atoms with E-state index in [4.69, 9.17) is 11.6 Å². The highest BCUT2D eigenvalue weighted by Gasteiger charge is 2.27. The molecule has 0 saturated heterocycles. The van der Waals surface area contributed by atoms with Crippen LogP contribution in [0.15, 0.2) is 6.07 Å². The molecule has 1 aliphatic carbocycles. The summed E-state index contributed by atoms with van der Waals surface area (Å²) < 4.78 is 0.